The molecule has 0 heterocycles. The Balaban J connectivity index is 2.90. The van der Waals surface area contributed by atoms with Gasteiger partial charge in [0.15, 0.2) is 0 Å². The summed E-state index contributed by atoms with van der Waals surface area (Å²) >= 11 is 0. The van der Waals surface area contributed by atoms with Crippen LogP contribution in [0.1, 0.15) is 13.3 Å². The SMILES string of the molecule is CC/C=C/CO[C]=O. The summed E-state index contributed by atoms with van der Waals surface area (Å²) in [4.78, 5) is 9.39. The monoisotopic (exact) mass is 113 g/mol. The first kappa shape index (κ1) is 7.21. The van der Waals surface area contributed by atoms with E-state index in [9.17, 15) is 4.79 Å². The van der Waals surface area contributed by atoms with E-state index in [-0.39, 0.29) is 0 Å². The van der Waals surface area contributed by atoms with Gasteiger partial charge in [-0.1, -0.05) is 19.1 Å². The van der Waals surface area contributed by atoms with Gasteiger partial charge in [-0.3, -0.25) is 0 Å². The zero-order valence-electron chi connectivity index (χ0n) is 4.89. The van der Waals surface area contributed by atoms with Crippen LogP contribution in [-0.2, 0) is 9.53 Å². The lowest BCUT2D eigenvalue weighted by Crippen LogP contribution is -1.84. The maximum atomic E-state index is 9.39. The first-order chi connectivity index (χ1) is 3.91. The molecule has 1 radical (unpaired) electrons. The van der Waals surface area contributed by atoms with Crippen LogP contribution in [0.3, 0.4) is 0 Å². The molecule has 0 aromatic rings. The van der Waals surface area contributed by atoms with E-state index in [1.54, 1.807) is 6.08 Å². The Morgan fingerprint density at radius 1 is 1.62 bits per heavy atom. The van der Waals surface area contributed by atoms with Crippen LogP contribution in [0.15, 0.2) is 12.2 Å². The van der Waals surface area contributed by atoms with E-state index in [2.05, 4.69) is 4.74 Å². The smallest absolute Gasteiger partial charge is 0.417 e. The van der Waals surface area contributed by atoms with E-state index < -0.39 is 0 Å². The van der Waals surface area contributed by atoms with E-state index in [0.717, 1.165) is 6.42 Å². The standard InChI is InChI=1S/C6H9O2/c1-2-3-4-5-8-6-7/h3-4H,2,5H2,1H3/b4-3+. The molecule has 0 aliphatic heterocycles. The predicted octanol–water partition coefficient (Wildman–Crippen LogP) is 1.04. The molecule has 0 aromatic heterocycles. The minimum atomic E-state index is 0.345. The van der Waals surface area contributed by atoms with Crippen LogP contribution >= 0.6 is 0 Å². The fourth-order valence-electron chi connectivity index (χ4n) is 0.317. The zero-order chi connectivity index (χ0) is 6.24. The largest absolute Gasteiger partial charge is 0.453 e. The predicted molar refractivity (Wildman–Crippen MR) is 31.1 cm³/mol. The first-order valence-electron chi connectivity index (χ1n) is 2.55. The van der Waals surface area contributed by atoms with E-state index >= 15 is 0 Å². The Morgan fingerprint density at radius 3 is 2.88 bits per heavy atom. The van der Waals surface area contributed by atoms with Crippen LogP contribution in [0.5, 0.6) is 0 Å². The lowest BCUT2D eigenvalue weighted by atomic mass is 10.4. The number of carbonyl (C=O) groups excluding carboxylic acids is 1. The number of rotatable bonds is 4. The molecule has 0 spiro atoms. The van der Waals surface area contributed by atoms with Crippen LogP contribution in [-0.4, -0.2) is 13.1 Å². The van der Waals surface area contributed by atoms with Gasteiger partial charge in [0.1, 0.15) is 6.61 Å². The van der Waals surface area contributed by atoms with E-state index in [4.69, 9.17) is 0 Å². The lowest BCUT2D eigenvalue weighted by molar-refractivity contribution is 0.313. The molecule has 0 amide bonds. The molecule has 0 atom stereocenters. The summed E-state index contributed by atoms with van der Waals surface area (Å²) in [5, 5.41) is 0. The third-order valence-corrected chi connectivity index (χ3v) is 0.641. The van der Waals surface area contributed by atoms with E-state index in [1.165, 1.54) is 6.47 Å². The molecule has 0 saturated carbocycles. The zero-order valence-corrected chi connectivity index (χ0v) is 4.89. The van der Waals surface area contributed by atoms with E-state index in [1.807, 2.05) is 13.0 Å². The van der Waals surface area contributed by atoms with Gasteiger partial charge in [-0.15, -0.1) is 0 Å². The summed E-state index contributed by atoms with van der Waals surface area (Å²) < 4.78 is 4.24. The number of allylic oxidation sites excluding steroid dienone is 1. The Kier molecular flexibility index (Phi) is 5.60. The molecule has 0 bridgehead atoms. The van der Waals surface area contributed by atoms with Gasteiger partial charge < -0.3 is 4.74 Å². The number of hydrogen-bond donors (Lipinski definition) is 0. The maximum Gasteiger partial charge on any atom is 0.417 e. The summed E-state index contributed by atoms with van der Waals surface area (Å²) in [6.45, 7) is 3.68. The molecule has 2 nitrogen and oxygen atoms in total. The average Bonchev–Trinajstić information content (AvgIpc) is 1.81. The summed E-state index contributed by atoms with van der Waals surface area (Å²) in [6.07, 6.45) is 4.68. The van der Waals surface area contributed by atoms with Crippen LogP contribution in [0.4, 0.5) is 0 Å². The average molecular weight is 113 g/mol. The van der Waals surface area contributed by atoms with Crippen molar-refractivity contribution >= 4 is 6.47 Å². The van der Waals surface area contributed by atoms with Gasteiger partial charge in [0, 0.05) is 0 Å². The van der Waals surface area contributed by atoms with Gasteiger partial charge in [0.05, 0.1) is 0 Å². The lowest BCUT2D eigenvalue weighted by Gasteiger charge is -1.84. The summed E-state index contributed by atoms with van der Waals surface area (Å²) in [6, 6.07) is 0. The maximum absolute atomic E-state index is 9.39. The first-order valence-corrected chi connectivity index (χ1v) is 2.55. The number of hydrogen-bond acceptors (Lipinski definition) is 2. The molecular formula is C6H9O2. The third-order valence-electron chi connectivity index (χ3n) is 0.641. The summed E-state index contributed by atoms with van der Waals surface area (Å²) in [5.74, 6) is 0. The van der Waals surface area contributed by atoms with Crippen molar-refractivity contribution in [3.05, 3.63) is 12.2 Å². The van der Waals surface area contributed by atoms with Gasteiger partial charge in [0.2, 0.25) is 0 Å². The fourth-order valence-corrected chi connectivity index (χ4v) is 0.317. The van der Waals surface area contributed by atoms with Crippen molar-refractivity contribution in [2.75, 3.05) is 6.61 Å². The Morgan fingerprint density at radius 2 is 2.38 bits per heavy atom. The quantitative estimate of drug-likeness (QED) is 0.402. The van der Waals surface area contributed by atoms with Crippen molar-refractivity contribution < 1.29 is 9.53 Å². The van der Waals surface area contributed by atoms with Crippen molar-refractivity contribution in [2.24, 2.45) is 0 Å². The van der Waals surface area contributed by atoms with Crippen molar-refractivity contribution in [1.82, 2.24) is 0 Å². The molecule has 0 saturated heterocycles. The minimum Gasteiger partial charge on any atom is -0.453 e. The highest BCUT2D eigenvalue weighted by Gasteiger charge is 1.73. The van der Waals surface area contributed by atoms with Crippen molar-refractivity contribution in [3.8, 4) is 0 Å². The highest BCUT2D eigenvalue weighted by atomic mass is 16.5. The molecule has 2 heteroatoms. The molecule has 0 unspecified atom stereocenters. The molecule has 0 aromatic carbocycles. The van der Waals surface area contributed by atoms with Gasteiger partial charge >= 0.3 is 6.47 Å². The fraction of sp³-hybridized carbons (Fsp3) is 0.500. The third kappa shape index (κ3) is 5.21. The summed E-state index contributed by atoms with van der Waals surface area (Å²) in [7, 11) is 0. The molecule has 45 valence electrons. The second-order valence-corrected chi connectivity index (χ2v) is 1.27. The van der Waals surface area contributed by atoms with Crippen LogP contribution in [0.2, 0.25) is 0 Å². The van der Waals surface area contributed by atoms with Crippen molar-refractivity contribution in [2.45, 2.75) is 13.3 Å². The molecule has 0 aliphatic rings. The Labute approximate surface area is 49.1 Å². The van der Waals surface area contributed by atoms with Crippen molar-refractivity contribution in [1.29, 1.82) is 0 Å². The minimum absolute atomic E-state index is 0.345. The van der Waals surface area contributed by atoms with Crippen LogP contribution in [0, 0.1) is 0 Å². The molecule has 0 rings (SSSR count). The van der Waals surface area contributed by atoms with Gasteiger partial charge in [0.25, 0.3) is 0 Å². The van der Waals surface area contributed by atoms with E-state index in [0.29, 0.717) is 6.61 Å². The van der Waals surface area contributed by atoms with Gasteiger partial charge in [-0.2, -0.15) is 0 Å². The van der Waals surface area contributed by atoms with Gasteiger partial charge in [-0.25, -0.2) is 4.79 Å². The second kappa shape index (κ2) is 6.21. The molecule has 8 heavy (non-hydrogen) atoms. The highest BCUT2D eigenvalue weighted by molar-refractivity contribution is 5.38. The normalized spacial score (nSPS) is 9.62. The molecule has 0 fully saturated rings. The van der Waals surface area contributed by atoms with Gasteiger partial charge in [-0.05, 0) is 6.42 Å². The van der Waals surface area contributed by atoms with Crippen molar-refractivity contribution in [3.63, 3.8) is 0 Å². The van der Waals surface area contributed by atoms with Crippen LogP contribution < -0.4 is 0 Å². The molecule has 0 N–H and O–H groups in total. The second-order valence-electron chi connectivity index (χ2n) is 1.27. The Hall–Kier alpha value is -0.790. The van der Waals surface area contributed by atoms with Crippen LogP contribution in [0.25, 0.3) is 0 Å². The summed E-state index contributed by atoms with van der Waals surface area (Å²) in [5.41, 5.74) is 0. The number of ether oxygens (including phenoxy) is 1. The topological polar surface area (TPSA) is 26.3 Å². The Bertz CT molecular complexity index is 76.6. The highest BCUT2D eigenvalue weighted by Crippen LogP contribution is 1.78. The molecule has 0 aliphatic carbocycles. The molecular weight excluding hydrogens is 104 g/mol.